The summed E-state index contributed by atoms with van der Waals surface area (Å²) in [6, 6.07) is 4.16. The van der Waals surface area contributed by atoms with Crippen molar-refractivity contribution in [3.05, 3.63) is 23.9 Å². The molecule has 1 aromatic heterocycles. The van der Waals surface area contributed by atoms with Crippen LogP contribution in [0.5, 0.6) is 0 Å². The molecule has 2 saturated heterocycles. The Hall–Kier alpha value is -1.83. The van der Waals surface area contributed by atoms with Crippen molar-refractivity contribution in [2.24, 2.45) is 4.99 Å². The number of hydrogen-bond acceptors (Lipinski definition) is 5. The van der Waals surface area contributed by atoms with Crippen molar-refractivity contribution in [2.45, 2.75) is 38.0 Å². The maximum Gasteiger partial charge on any atom is 0.193 e. The third-order valence-corrected chi connectivity index (χ3v) is 7.78. The lowest BCUT2D eigenvalue weighted by molar-refractivity contribution is 0.353. The summed E-state index contributed by atoms with van der Waals surface area (Å²) in [4.78, 5) is 13.2. The van der Waals surface area contributed by atoms with E-state index in [0.717, 1.165) is 30.4 Å². The van der Waals surface area contributed by atoms with Gasteiger partial charge in [0.05, 0.1) is 10.5 Å². The molecule has 0 saturated carbocycles. The van der Waals surface area contributed by atoms with Crippen molar-refractivity contribution in [2.75, 3.05) is 43.9 Å². The summed E-state index contributed by atoms with van der Waals surface area (Å²) in [7, 11) is -1.33. The van der Waals surface area contributed by atoms with Crippen molar-refractivity contribution in [3.8, 4) is 0 Å². The lowest BCUT2D eigenvalue weighted by atomic mass is 10.2. The summed E-state index contributed by atoms with van der Waals surface area (Å²) in [6.07, 6.45) is 4.38. The van der Waals surface area contributed by atoms with Crippen molar-refractivity contribution in [1.82, 2.24) is 15.2 Å². The lowest BCUT2D eigenvalue weighted by Crippen LogP contribution is -2.57. The van der Waals surface area contributed by atoms with Crippen molar-refractivity contribution >= 4 is 21.6 Å². The first-order valence-corrected chi connectivity index (χ1v) is 10.9. The molecule has 0 aliphatic carbocycles. The third kappa shape index (κ3) is 3.95. The van der Waals surface area contributed by atoms with Crippen LogP contribution in [0, 0.1) is 0 Å². The van der Waals surface area contributed by atoms with Gasteiger partial charge in [-0.3, -0.25) is 4.99 Å². The zero-order valence-corrected chi connectivity index (χ0v) is 16.7. The second kappa shape index (κ2) is 7.42. The normalized spacial score (nSPS) is 22.5. The number of sulfone groups is 1. The van der Waals surface area contributed by atoms with Gasteiger partial charge in [-0.1, -0.05) is 6.07 Å². The van der Waals surface area contributed by atoms with E-state index in [0.29, 0.717) is 19.6 Å². The van der Waals surface area contributed by atoms with Crippen LogP contribution in [0.25, 0.3) is 0 Å². The van der Waals surface area contributed by atoms with Gasteiger partial charge in [0, 0.05) is 46.0 Å². The van der Waals surface area contributed by atoms with Gasteiger partial charge < -0.3 is 15.1 Å². The highest BCUT2D eigenvalue weighted by molar-refractivity contribution is 7.92. The second-order valence-corrected chi connectivity index (χ2v) is 10.4. The number of anilines is 1. The molecule has 2 aliphatic heterocycles. The molecule has 0 spiro atoms. The van der Waals surface area contributed by atoms with Gasteiger partial charge in [-0.15, -0.1) is 0 Å². The average Bonchev–Trinajstić information content (AvgIpc) is 3.13. The molecule has 26 heavy (non-hydrogen) atoms. The fourth-order valence-electron chi connectivity index (χ4n) is 3.49. The standard InChI is InChI=1S/C18H29N5O2S/c1-18(2)14-23(10-11-26(18,24)25)17(19-3)21-13-15-6-7-16(20-12-15)22-8-4-5-9-22/h6-7,12H,4-5,8-11,13-14H2,1-3H3,(H,19,21). The lowest BCUT2D eigenvalue weighted by Gasteiger charge is -2.39. The van der Waals surface area contributed by atoms with Gasteiger partial charge in [-0.05, 0) is 38.3 Å². The van der Waals surface area contributed by atoms with Crippen LogP contribution in [-0.2, 0) is 16.4 Å². The summed E-state index contributed by atoms with van der Waals surface area (Å²) in [5.74, 6) is 1.93. The Morgan fingerprint density at radius 2 is 2.00 bits per heavy atom. The predicted molar refractivity (Wildman–Crippen MR) is 105 cm³/mol. The predicted octanol–water partition coefficient (Wildman–Crippen LogP) is 1.27. The smallest absolute Gasteiger partial charge is 0.193 e. The first kappa shape index (κ1) is 18.9. The molecule has 1 aromatic rings. The molecule has 3 heterocycles. The molecule has 2 aliphatic rings. The molecule has 0 atom stereocenters. The van der Waals surface area contributed by atoms with Gasteiger partial charge in [-0.25, -0.2) is 13.4 Å². The molecule has 0 amide bonds. The minimum Gasteiger partial charge on any atom is -0.357 e. The van der Waals surface area contributed by atoms with E-state index < -0.39 is 14.6 Å². The van der Waals surface area contributed by atoms with Crippen molar-refractivity contribution < 1.29 is 8.42 Å². The molecule has 0 radical (unpaired) electrons. The Labute approximate surface area is 156 Å². The quantitative estimate of drug-likeness (QED) is 0.629. The van der Waals surface area contributed by atoms with Gasteiger partial charge in [0.1, 0.15) is 5.82 Å². The number of guanidine groups is 1. The van der Waals surface area contributed by atoms with E-state index in [9.17, 15) is 8.42 Å². The van der Waals surface area contributed by atoms with E-state index in [4.69, 9.17) is 0 Å². The van der Waals surface area contributed by atoms with E-state index in [1.807, 2.05) is 11.1 Å². The van der Waals surface area contributed by atoms with Gasteiger partial charge in [0.25, 0.3) is 0 Å². The Bertz CT molecular complexity index is 752. The first-order valence-electron chi connectivity index (χ1n) is 9.20. The Kier molecular flexibility index (Phi) is 5.41. The highest BCUT2D eigenvalue weighted by Gasteiger charge is 2.40. The summed E-state index contributed by atoms with van der Waals surface area (Å²) in [5.41, 5.74) is 1.08. The monoisotopic (exact) mass is 379 g/mol. The third-order valence-electron chi connectivity index (χ3n) is 5.24. The molecule has 0 aromatic carbocycles. The molecular weight excluding hydrogens is 350 g/mol. The Morgan fingerprint density at radius 3 is 2.58 bits per heavy atom. The number of rotatable bonds is 3. The van der Waals surface area contributed by atoms with Crippen LogP contribution < -0.4 is 10.2 Å². The molecule has 7 nitrogen and oxygen atoms in total. The number of pyridine rings is 1. The zero-order chi connectivity index (χ0) is 18.8. The first-order chi connectivity index (χ1) is 12.3. The maximum atomic E-state index is 12.2. The Balaban J connectivity index is 1.59. The summed E-state index contributed by atoms with van der Waals surface area (Å²) >= 11 is 0. The molecule has 0 unspecified atom stereocenters. The molecule has 144 valence electrons. The fourth-order valence-corrected chi connectivity index (χ4v) is 4.86. The number of aromatic nitrogens is 1. The second-order valence-electron chi connectivity index (χ2n) is 7.62. The van der Waals surface area contributed by atoms with Crippen LogP contribution in [0.15, 0.2) is 23.3 Å². The molecule has 3 rings (SSSR count). The topological polar surface area (TPSA) is 77.9 Å². The maximum absolute atomic E-state index is 12.2. The van der Waals surface area contributed by atoms with E-state index in [-0.39, 0.29) is 5.75 Å². The highest BCUT2D eigenvalue weighted by Crippen LogP contribution is 2.23. The minimum atomic E-state index is -3.05. The SMILES string of the molecule is CN=C(NCc1ccc(N2CCCC2)nc1)N1CCS(=O)(=O)C(C)(C)C1. The summed E-state index contributed by atoms with van der Waals surface area (Å²) in [5, 5.41) is 3.34. The van der Waals surface area contributed by atoms with Crippen LogP contribution in [0.2, 0.25) is 0 Å². The Morgan fingerprint density at radius 1 is 1.27 bits per heavy atom. The number of hydrogen-bond donors (Lipinski definition) is 1. The zero-order valence-electron chi connectivity index (χ0n) is 15.9. The van der Waals surface area contributed by atoms with Crippen LogP contribution in [-0.4, -0.2) is 68.0 Å². The molecule has 0 bridgehead atoms. The van der Waals surface area contributed by atoms with E-state index >= 15 is 0 Å². The average molecular weight is 380 g/mol. The molecule has 8 heteroatoms. The number of nitrogens with one attached hydrogen (secondary N) is 1. The van der Waals surface area contributed by atoms with Gasteiger partial charge in [-0.2, -0.15) is 0 Å². The van der Waals surface area contributed by atoms with Gasteiger partial charge in [0.2, 0.25) is 0 Å². The molecule has 1 N–H and O–H groups in total. The van der Waals surface area contributed by atoms with E-state index in [2.05, 4.69) is 32.3 Å². The van der Waals surface area contributed by atoms with E-state index in [1.165, 1.54) is 12.8 Å². The highest BCUT2D eigenvalue weighted by atomic mass is 32.2. The fraction of sp³-hybridized carbons (Fsp3) is 0.667. The van der Waals surface area contributed by atoms with Crippen LogP contribution in [0.4, 0.5) is 5.82 Å². The molecule has 2 fully saturated rings. The largest absolute Gasteiger partial charge is 0.357 e. The summed E-state index contributed by atoms with van der Waals surface area (Å²) < 4.78 is 23.6. The van der Waals surface area contributed by atoms with Gasteiger partial charge >= 0.3 is 0 Å². The molecular formula is C18H29N5O2S. The van der Waals surface area contributed by atoms with E-state index in [1.54, 1.807) is 20.9 Å². The van der Waals surface area contributed by atoms with Crippen LogP contribution >= 0.6 is 0 Å². The number of nitrogens with zero attached hydrogens (tertiary/aromatic N) is 4. The van der Waals surface area contributed by atoms with Crippen molar-refractivity contribution in [1.29, 1.82) is 0 Å². The summed E-state index contributed by atoms with van der Waals surface area (Å²) in [6.45, 7) is 7.27. The number of aliphatic imine (C=N–C) groups is 1. The minimum absolute atomic E-state index is 0.160. The van der Waals surface area contributed by atoms with Gasteiger partial charge in [0.15, 0.2) is 15.8 Å². The van der Waals surface area contributed by atoms with Crippen LogP contribution in [0.3, 0.4) is 0 Å². The van der Waals surface area contributed by atoms with Crippen LogP contribution in [0.1, 0.15) is 32.3 Å². The van der Waals surface area contributed by atoms with Crippen molar-refractivity contribution in [3.63, 3.8) is 0 Å².